The van der Waals surface area contributed by atoms with Crippen LogP contribution in [0.25, 0.3) is 0 Å². The number of rotatable bonds is 3. The predicted octanol–water partition coefficient (Wildman–Crippen LogP) is 2.94. The summed E-state index contributed by atoms with van der Waals surface area (Å²) < 4.78 is 0. The molecular weight excluding hydrogens is 158 g/mol. The summed E-state index contributed by atoms with van der Waals surface area (Å²) in [5.74, 6) is 2.87. The van der Waals surface area contributed by atoms with Crippen LogP contribution < -0.4 is 5.73 Å². The number of hydrogen-bond acceptors (Lipinski definition) is 1. The molecule has 0 aromatic carbocycles. The molecule has 0 heterocycles. The molecular formula is C12H23N. The van der Waals surface area contributed by atoms with Crippen LogP contribution in [0, 0.1) is 17.8 Å². The van der Waals surface area contributed by atoms with E-state index in [1.807, 2.05) is 0 Å². The van der Waals surface area contributed by atoms with Crippen LogP contribution in [0.15, 0.2) is 0 Å². The van der Waals surface area contributed by atoms with Crippen LogP contribution in [0.4, 0.5) is 0 Å². The van der Waals surface area contributed by atoms with Gasteiger partial charge in [0.25, 0.3) is 0 Å². The van der Waals surface area contributed by atoms with Crippen LogP contribution in [0.1, 0.15) is 51.4 Å². The van der Waals surface area contributed by atoms with E-state index in [1.165, 1.54) is 51.4 Å². The first-order valence-corrected chi connectivity index (χ1v) is 6.12. The molecule has 0 unspecified atom stereocenters. The molecule has 13 heavy (non-hydrogen) atoms. The molecule has 0 atom stereocenters. The van der Waals surface area contributed by atoms with Crippen LogP contribution in [-0.2, 0) is 0 Å². The van der Waals surface area contributed by atoms with Crippen molar-refractivity contribution in [3.63, 3.8) is 0 Å². The van der Waals surface area contributed by atoms with Crippen molar-refractivity contribution >= 4 is 0 Å². The molecule has 0 aliphatic heterocycles. The summed E-state index contributed by atoms with van der Waals surface area (Å²) in [7, 11) is 0. The Labute approximate surface area is 82.1 Å². The van der Waals surface area contributed by atoms with Gasteiger partial charge in [0, 0.05) is 0 Å². The van der Waals surface area contributed by atoms with E-state index in [-0.39, 0.29) is 0 Å². The van der Waals surface area contributed by atoms with Gasteiger partial charge in [-0.3, -0.25) is 0 Å². The molecule has 2 fully saturated rings. The Kier molecular flexibility index (Phi) is 3.26. The second-order valence-corrected chi connectivity index (χ2v) is 4.99. The molecule has 0 radical (unpaired) electrons. The van der Waals surface area contributed by atoms with Crippen LogP contribution in [0.2, 0.25) is 0 Å². The van der Waals surface area contributed by atoms with Crippen molar-refractivity contribution in [1.29, 1.82) is 0 Å². The largest absolute Gasteiger partial charge is 0.330 e. The Bertz CT molecular complexity index is 127. The fraction of sp³-hybridized carbons (Fsp3) is 1.00. The van der Waals surface area contributed by atoms with Crippen LogP contribution in [0.3, 0.4) is 0 Å². The van der Waals surface area contributed by atoms with Gasteiger partial charge in [0.2, 0.25) is 0 Å². The third-order valence-corrected chi connectivity index (χ3v) is 4.28. The molecule has 1 nitrogen and oxygen atoms in total. The summed E-state index contributed by atoms with van der Waals surface area (Å²) in [5, 5.41) is 0. The highest BCUT2D eigenvalue weighted by atomic mass is 14.6. The molecule has 2 aliphatic rings. The Morgan fingerprint density at radius 3 is 1.54 bits per heavy atom. The molecule has 2 aliphatic carbocycles. The topological polar surface area (TPSA) is 26.0 Å². The van der Waals surface area contributed by atoms with Gasteiger partial charge in [-0.05, 0) is 24.3 Å². The second kappa shape index (κ2) is 4.45. The fourth-order valence-electron chi connectivity index (χ4n) is 3.54. The Hall–Kier alpha value is -0.0400. The quantitative estimate of drug-likeness (QED) is 0.711. The fourth-order valence-corrected chi connectivity index (χ4v) is 3.54. The monoisotopic (exact) mass is 181 g/mol. The molecule has 1 heteroatoms. The van der Waals surface area contributed by atoms with Gasteiger partial charge in [0.05, 0.1) is 0 Å². The first-order valence-electron chi connectivity index (χ1n) is 6.12. The van der Waals surface area contributed by atoms with E-state index in [9.17, 15) is 0 Å². The Balaban J connectivity index is 1.90. The second-order valence-electron chi connectivity index (χ2n) is 4.99. The molecule has 76 valence electrons. The average molecular weight is 181 g/mol. The van der Waals surface area contributed by atoms with Crippen LogP contribution in [0.5, 0.6) is 0 Å². The van der Waals surface area contributed by atoms with Gasteiger partial charge in [0.15, 0.2) is 0 Å². The van der Waals surface area contributed by atoms with Crippen LogP contribution in [-0.4, -0.2) is 6.54 Å². The molecule has 2 rings (SSSR count). The summed E-state index contributed by atoms with van der Waals surface area (Å²) >= 11 is 0. The normalized spacial score (nSPS) is 26.3. The highest BCUT2D eigenvalue weighted by Crippen LogP contribution is 2.40. The molecule has 0 amide bonds. The molecule has 0 spiro atoms. The van der Waals surface area contributed by atoms with Crippen molar-refractivity contribution in [2.24, 2.45) is 23.5 Å². The summed E-state index contributed by atoms with van der Waals surface area (Å²) in [5.41, 5.74) is 5.93. The van der Waals surface area contributed by atoms with Gasteiger partial charge in [-0.25, -0.2) is 0 Å². The molecule has 0 bridgehead atoms. The van der Waals surface area contributed by atoms with Gasteiger partial charge < -0.3 is 5.73 Å². The first kappa shape index (κ1) is 9.51. The lowest BCUT2D eigenvalue weighted by Crippen LogP contribution is -2.28. The van der Waals surface area contributed by atoms with Gasteiger partial charge in [-0.2, -0.15) is 0 Å². The zero-order valence-electron chi connectivity index (χ0n) is 8.67. The van der Waals surface area contributed by atoms with E-state index < -0.39 is 0 Å². The molecule has 0 aromatic rings. The van der Waals surface area contributed by atoms with Gasteiger partial charge in [-0.1, -0.05) is 51.4 Å². The maximum atomic E-state index is 5.93. The van der Waals surface area contributed by atoms with Crippen molar-refractivity contribution in [2.45, 2.75) is 51.4 Å². The SMILES string of the molecule is NCC(C1CCCC1)C1CCCC1. The van der Waals surface area contributed by atoms with Crippen molar-refractivity contribution in [1.82, 2.24) is 0 Å². The predicted molar refractivity (Wildman–Crippen MR) is 56.5 cm³/mol. The maximum Gasteiger partial charge on any atom is -0.00436 e. The molecule has 2 saturated carbocycles. The summed E-state index contributed by atoms with van der Waals surface area (Å²) in [4.78, 5) is 0. The van der Waals surface area contributed by atoms with E-state index in [1.54, 1.807) is 0 Å². The van der Waals surface area contributed by atoms with Crippen molar-refractivity contribution in [2.75, 3.05) is 6.54 Å². The lowest BCUT2D eigenvalue weighted by molar-refractivity contribution is 0.238. The molecule has 0 saturated heterocycles. The number of hydrogen-bond donors (Lipinski definition) is 1. The highest BCUT2D eigenvalue weighted by Gasteiger charge is 2.31. The van der Waals surface area contributed by atoms with E-state index in [4.69, 9.17) is 5.73 Å². The minimum absolute atomic E-state index is 0.880. The Morgan fingerprint density at radius 2 is 1.23 bits per heavy atom. The third kappa shape index (κ3) is 2.07. The highest BCUT2D eigenvalue weighted by molar-refractivity contribution is 4.83. The smallest absolute Gasteiger partial charge is 0.00436 e. The minimum Gasteiger partial charge on any atom is -0.330 e. The van der Waals surface area contributed by atoms with E-state index in [0.29, 0.717) is 0 Å². The van der Waals surface area contributed by atoms with Crippen molar-refractivity contribution < 1.29 is 0 Å². The average Bonchev–Trinajstić information content (AvgIpc) is 2.76. The summed E-state index contributed by atoms with van der Waals surface area (Å²) in [6, 6.07) is 0. The van der Waals surface area contributed by atoms with E-state index in [0.717, 1.165) is 24.3 Å². The van der Waals surface area contributed by atoms with Gasteiger partial charge in [0.1, 0.15) is 0 Å². The maximum absolute atomic E-state index is 5.93. The lowest BCUT2D eigenvalue weighted by atomic mass is 9.80. The van der Waals surface area contributed by atoms with Gasteiger partial charge >= 0.3 is 0 Å². The number of nitrogens with two attached hydrogens (primary N) is 1. The lowest BCUT2D eigenvalue weighted by Gasteiger charge is -2.27. The molecule has 0 aromatic heterocycles. The van der Waals surface area contributed by atoms with Gasteiger partial charge in [-0.15, -0.1) is 0 Å². The third-order valence-electron chi connectivity index (χ3n) is 4.28. The van der Waals surface area contributed by atoms with E-state index in [2.05, 4.69) is 0 Å². The summed E-state index contributed by atoms with van der Waals surface area (Å²) in [6.07, 6.45) is 11.7. The van der Waals surface area contributed by atoms with Crippen molar-refractivity contribution in [3.8, 4) is 0 Å². The minimum atomic E-state index is 0.880. The van der Waals surface area contributed by atoms with Crippen molar-refractivity contribution in [3.05, 3.63) is 0 Å². The first-order chi connectivity index (χ1) is 6.42. The zero-order valence-corrected chi connectivity index (χ0v) is 8.67. The summed E-state index contributed by atoms with van der Waals surface area (Å²) in [6.45, 7) is 0.954. The van der Waals surface area contributed by atoms with Crippen LogP contribution >= 0.6 is 0 Å². The molecule has 2 N–H and O–H groups in total. The standard InChI is InChI=1S/C12H23N/c13-9-12(10-5-1-2-6-10)11-7-3-4-8-11/h10-12H,1-9,13H2. The van der Waals surface area contributed by atoms with E-state index >= 15 is 0 Å². The zero-order chi connectivity index (χ0) is 9.10. The Morgan fingerprint density at radius 1 is 0.846 bits per heavy atom.